The van der Waals surface area contributed by atoms with E-state index in [2.05, 4.69) is 13.0 Å². The van der Waals surface area contributed by atoms with Crippen LogP contribution in [0.1, 0.15) is 47.5 Å². The maximum atomic E-state index is 5.08. The van der Waals surface area contributed by atoms with Crippen LogP contribution in [0.25, 0.3) is 0 Å². The summed E-state index contributed by atoms with van der Waals surface area (Å²) in [4.78, 5) is 0. The van der Waals surface area contributed by atoms with Crippen molar-refractivity contribution in [2.24, 2.45) is 5.73 Å². The van der Waals surface area contributed by atoms with Gasteiger partial charge in [0.15, 0.2) is 0 Å². The summed E-state index contributed by atoms with van der Waals surface area (Å²) in [5.41, 5.74) is 5.08. The quantitative estimate of drug-likeness (QED) is 0.641. The van der Waals surface area contributed by atoms with E-state index in [4.69, 9.17) is 5.73 Å². The minimum Gasteiger partial charge on any atom is -0.405 e. The molecule has 0 saturated heterocycles. The Morgan fingerprint density at radius 1 is 1.00 bits per heavy atom. The molecule has 0 aliphatic heterocycles. The molecule has 2 N–H and O–H groups in total. The number of hydrogen-bond acceptors (Lipinski definition) is 1. The molecule has 0 aliphatic carbocycles. The van der Waals surface area contributed by atoms with Gasteiger partial charge in [-0.3, -0.25) is 0 Å². The van der Waals surface area contributed by atoms with Crippen molar-refractivity contribution in [1.29, 1.82) is 0 Å². The molecule has 0 aromatic heterocycles. The highest BCUT2D eigenvalue weighted by molar-refractivity contribution is 5.00. The average Bonchev–Trinajstić information content (AvgIpc) is 2.19. The number of allylic oxidation sites excluding steroid dienone is 3. The monoisotopic (exact) mass is 171 g/mol. The van der Waals surface area contributed by atoms with Gasteiger partial charge in [0, 0.05) is 0 Å². The van der Waals surface area contributed by atoms with E-state index in [1.807, 2.05) is 39.8 Å². The third-order valence-electron chi connectivity index (χ3n) is 0.814. The molecule has 0 atom stereocenters. The second-order valence-electron chi connectivity index (χ2n) is 1.60. The Morgan fingerprint density at radius 3 is 1.83 bits per heavy atom. The van der Waals surface area contributed by atoms with Crippen LogP contribution in [-0.4, -0.2) is 0 Å². The number of unbranched alkanes of at least 4 members (excludes halogenated alkanes) is 1. The molecule has 0 heterocycles. The largest absolute Gasteiger partial charge is 0.405 e. The Hall–Kier alpha value is -0.720. The molecule has 0 rings (SSSR count). The van der Waals surface area contributed by atoms with E-state index in [0.717, 1.165) is 6.42 Å². The van der Waals surface area contributed by atoms with Crippen LogP contribution in [0.4, 0.5) is 0 Å². The first-order valence-corrected chi connectivity index (χ1v) is 4.95. The second-order valence-corrected chi connectivity index (χ2v) is 1.60. The van der Waals surface area contributed by atoms with Gasteiger partial charge in [0.25, 0.3) is 0 Å². The molecule has 0 aliphatic rings. The van der Waals surface area contributed by atoms with Gasteiger partial charge in [0.1, 0.15) is 0 Å². The van der Waals surface area contributed by atoms with Crippen LogP contribution in [0.2, 0.25) is 0 Å². The Morgan fingerprint density at radius 2 is 1.50 bits per heavy atom. The molecule has 0 radical (unpaired) electrons. The molecule has 74 valence electrons. The van der Waals surface area contributed by atoms with Crippen molar-refractivity contribution in [1.82, 2.24) is 0 Å². The van der Waals surface area contributed by atoms with Gasteiger partial charge in [-0.25, -0.2) is 0 Å². The molecule has 0 aromatic rings. The minimum atomic E-state index is 1.14. The topological polar surface area (TPSA) is 26.0 Å². The lowest BCUT2D eigenvalue weighted by Gasteiger charge is -1.78. The molecule has 0 amide bonds. The molecule has 12 heavy (non-hydrogen) atoms. The minimum absolute atomic E-state index is 1.14. The fraction of sp³-hybridized carbons (Fsp3) is 0.636. The van der Waals surface area contributed by atoms with Gasteiger partial charge in [0.2, 0.25) is 0 Å². The van der Waals surface area contributed by atoms with Gasteiger partial charge < -0.3 is 5.73 Å². The lowest BCUT2D eigenvalue weighted by atomic mass is 10.3. The van der Waals surface area contributed by atoms with Crippen molar-refractivity contribution in [2.45, 2.75) is 47.5 Å². The van der Waals surface area contributed by atoms with E-state index in [0.29, 0.717) is 0 Å². The Bertz CT molecular complexity index is 83.0. The van der Waals surface area contributed by atoms with Gasteiger partial charge in [-0.15, -0.1) is 0 Å². The Balaban J connectivity index is -0.000000175. The molecule has 1 nitrogen and oxygen atoms in total. The van der Waals surface area contributed by atoms with Gasteiger partial charge in [0.05, 0.1) is 0 Å². The summed E-state index contributed by atoms with van der Waals surface area (Å²) in [5.74, 6) is 0. The van der Waals surface area contributed by atoms with Crippen molar-refractivity contribution >= 4 is 0 Å². The number of hydrogen-bond donors (Lipinski definition) is 1. The van der Waals surface area contributed by atoms with Gasteiger partial charge in [-0.05, 0) is 18.7 Å². The first-order chi connectivity index (χ1) is 5.91. The van der Waals surface area contributed by atoms with Crippen LogP contribution in [0.3, 0.4) is 0 Å². The molecule has 0 unspecified atom stereocenters. The van der Waals surface area contributed by atoms with E-state index in [1.54, 1.807) is 0 Å². The van der Waals surface area contributed by atoms with Crippen molar-refractivity contribution in [3.63, 3.8) is 0 Å². The normalized spacial score (nSPS) is 8.75. The first kappa shape index (κ1) is 17.4. The molecule has 0 saturated carbocycles. The van der Waals surface area contributed by atoms with Crippen molar-refractivity contribution < 1.29 is 0 Å². The summed E-state index contributed by atoms with van der Waals surface area (Å²) in [5, 5.41) is 0. The summed E-state index contributed by atoms with van der Waals surface area (Å²) in [6.45, 7) is 10.1. The second kappa shape index (κ2) is 31.8. The van der Waals surface area contributed by atoms with E-state index in [1.165, 1.54) is 12.6 Å². The lowest BCUT2D eigenvalue weighted by molar-refractivity contribution is 0.959. The average molecular weight is 171 g/mol. The highest BCUT2D eigenvalue weighted by Gasteiger charge is 1.67. The number of nitrogens with two attached hydrogens (primary N) is 1. The predicted molar refractivity (Wildman–Crippen MR) is 60.1 cm³/mol. The molecular weight excluding hydrogens is 146 g/mol. The van der Waals surface area contributed by atoms with Crippen LogP contribution in [-0.2, 0) is 0 Å². The molecule has 0 fully saturated rings. The zero-order chi connectivity index (χ0) is 10.2. The van der Waals surface area contributed by atoms with E-state index >= 15 is 0 Å². The maximum Gasteiger partial charge on any atom is -0.00625 e. The standard InChI is InChI=1S/C7H13N.2C2H6/c1-2-3-4-5-6-7-8;2*1-2/h4-7H,2-3,8H2,1H3;2*1-2H3/b5-4+,7-6-;;. The summed E-state index contributed by atoms with van der Waals surface area (Å²) in [7, 11) is 0. The number of rotatable bonds is 3. The maximum absolute atomic E-state index is 5.08. The van der Waals surface area contributed by atoms with Crippen molar-refractivity contribution in [3.05, 3.63) is 24.4 Å². The summed E-state index contributed by atoms with van der Waals surface area (Å²) in [6.07, 6.45) is 9.77. The molecule has 0 aromatic carbocycles. The van der Waals surface area contributed by atoms with Crippen molar-refractivity contribution in [2.75, 3.05) is 0 Å². The smallest absolute Gasteiger partial charge is 0.00625 e. The SMILES string of the molecule is CC.CC.CCC/C=C/C=C\N. The van der Waals surface area contributed by atoms with Crippen LogP contribution < -0.4 is 5.73 Å². The van der Waals surface area contributed by atoms with E-state index < -0.39 is 0 Å². The van der Waals surface area contributed by atoms with Gasteiger partial charge in [-0.2, -0.15) is 0 Å². The molecule has 0 spiro atoms. The molecule has 0 bridgehead atoms. The van der Waals surface area contributed by atoms with Gasteiger partial charge >= 0.3 is 0 Å². The summed E-state index contributed by atoms with van der Waals surface area (Å²) >= 11 is 0. The molecular formula is C11H25N. The fourth-order valence-electron chi connectivity index (χ4n) is 0.406. The summed E-state index contributed by atoms with van der Waals surface area (Å²) < 4.78 is 0. The van der Waals surface area contributed by atoms with Crippen LogP contribution in [0.5, 0.6) is 0 Å². The van der Waals surface area contributed by atoms with E-state index in [-0.39, 0.29) is 0 Å². The highest BCUT2D eigenvalue weighted by Crippen LogP contribution is 1.87. The van der Waals surface area contributed by atoms with Gasteiger partial charge in [-0.1, -0.05) is 53.2 Å². The summed E-state index contributed by atoms with van der Waals surface area (Å²) in [6, 6.07) is 0. The zero-order valence-electron chi connectivity index (χ0n) is 9.30. The van der Waals surface area contributed by atoms with Crippen molar-refractivity contribution in [3.8, 4) is 0 Å². The fourth-order valence-corrected chi connectivity index (χ4v) is 0.406. The lowest BCUT2D eigenvalue weighted by Crippen LogP contribution is -1.72. The molecule has 1 heteroatoms. The highest BCUT2D eigenvalue weighted by atomic mass is 14.5. The Kier molecular flexibility index (Phi) is 46.0. The zero-order valence-corrected chi connectivity index (χ0v) is 9.30. The third-order valence-corrected chi connectivity index (χ3v) is 0.814. The van der Waals surface area contributed by atoms with Crippen LogP contribution >= 0.6 is 0 Å². The van der Waals surface area contributed by atoms with Crippen LogP contribution in [0, 0.1) is 0 Å². The third kappa shape index (κ3) is 34.7. The Labute approximate surface area is 78.4 Å². The first-order valence-electron chi connectivity index (χ1n) is 4.95. The predicted octanol–water partition coefficient (Wildman–Crippen LogP) is 3.87. The van der Waals surface area contributed by atoms with E-state index in [9.17, 15) is 0 Å². The van der Waals surface area contributed by atoms with Crippen LogP contribution in [0.15, 0.2) is 24.4 Å².